The largest absolute Gasteiger partial charge is 0.327 e. The van der Waals surface area contributed by atoms with E-state index < -0.39 is 15.8 Å². The number of benzene rings is 1. The number of nitrogens with one attached hydrogen (secondary N) is 1. The zero-order chi connectivity index (χ0) is 17.3. The zero-order valence-electron chi connectivity index (χ0n) is 13.8. The molecular formula is C16H24FN2O3S+. The van der Waals surface area contributed by atoms with E-state index in [4.69, 9.17) is 0 Å². The summed E-state index contributed by atoms with van der Waals surface area (Å²) in [6.45, 7) is 8.04. The minimum atomic E-state index is -3.59. The van der Waals surface area contributed by atoms with Gasteiger partial charge in [0.2, 0.25) is 10.0 Å². The first-order valence-electron chi connectivity index (χ1n) is 7.73. The second kappa shape index (κ2) is 6.67. The first kappa shape index (κ1) is 18.0. The van der Waals surface area contributed by atoms with Gasteiger partial charge in [-0.15, -0.1) is 0 Å². The molecule has 0 bridgehead atoms. The van der Waals surface area contributed by atoms with Gasteiger partial charge in [-0.1, -0.05) is 20.8 Å². The van der Waals surface area contributed by atoms with Crippen molar-refractivity contribution in [1.82, 2.24) is 4.31 Å². The van der Waals surface area contributed by atoms with E-state index >= 15 is 0 Å². The summed E-state index contributed by atoms with van der Waals surface area (Å²) in [6.07, 6.45) is 0. The highest BCUT2D eigenvalue weighted by atomic mass is 32.2. The average molecular weight is 343 g/mol. The molecule has 1 fully saturated rings. The topological polar surface area (TPSA) is 58.9 Å². The molecule has 1 N–H and O–H groups in total. The van der Waals surface area contributed by atoms with Crippen LogP contribution in [0.5, 0.6) is 0 Å². The fraction of sp³-hybridized carbons (Fsp3) is 0.562. The zero-order valence-corrected chi connectivity index (χ0v) is 14.6. The van der Waals surface area contributed by atoms with Gasteiger partial charge in [-0.2, -0.15) is 4.31 Å². The quantitative estimate of drug-likeness (QED) is 0.857. The summed E-state index contributed by atoms with van der Waals surface area (Å²) in [5.41, 5.74) is -0.371. The van der Waals surface area contributed by atoms with Crippen LogP contribution in [0.4, 0.5) is 4.39 Å². The molecule has 0 unspecified atom stereocenters. The second-order valence-electron chi connectivity index (χ2n) is 6.96. The van der Waals surface area contributed by atoms with E-state index in [-0.39, 0.29) is 16.1 Å². The van der Waals surface area contributed by atoms with Crippen LogP contribution < -0.4 is 4.90 Å². The fourth-order valence-corrected chi connectivity index (χ4v) is 3.91. The predicted molar refractivity (Wildman–Crippen MR) is 85.2 cm³/mol. The van der Waals surface area contributed by atoms with Crippen molar-refractivity contribution in [2.45, 2.75) is 25.7 Å². The van der Waals surface area contributed by atoms with Crippen LogP contribution in [0, 0.1) is 11.2 Å². The predicted octanol–water partition coefficient (Wildman–Crippen LogP) is 0.330. The van der Waals surface area contributed by atoms with E-state index in [1.165, 1.54) is 16.4 Å². The molecule has 0 amide bonds. The molecule has 5 nitrogen and oxygen atoms in total. The molecule has 23 heavy (non-hydrogen) atoms. The van der Waals surface area contributed by atoms with Gasteiger partial charge in [-0.25, -0.2) is 12.8 Å². The number of ketones is 1. The molecule has 0 saturated carbocycles. The lowest BCUT2D eigenvalue weighted by atomic mass is 9.90. The van der Waals surface area contributed by atoms with Crippen LogP contribution in [0.2, 0.25) is 0 Å². The summed E-state index contributed by atoms with van der Waals surface area (Å²) in [7, 11) is -3.59. The van der Waals surface area contributed by atoms with Crippen molar-refractivity contribution in [3.8, 4) is 0 Å². The van der Waals surface area contributed by atoms with Gasteiger partial charge in [0, 0.05) is 5.41 Å². The van der Waals surface area contributed by atoms with Crippen molar-refractivity contribution in [2.24, 2.45) is 5.41 Å². The number of halogens is 1. The molecule has 128 valence electrons. The molecule has 1 heterocycles. The number of carbonyl (C=O) groups excluding carboxylic acids is 1. The molecular weight excluding hydrogens is 319 g/mol. The Hall–Kier alpha value is -1.31. The number of quaternary nitrogens is 1. The summed E-state index contributed by atoms with van der Waals surface area (Å²) in [6, 6.07) is 4.87. The van der Waals surface area contributed by atoms with Gasteiger partial charge in [0.15, 0.2) is 5.78 Å². The normalized spacial score (nSPS) is 18.1. The number of piperazine rings is 1. The summed E-state index contributed by atoms with van der Waals surface area (Å²) >= 11 is 0. The summed E-state index contributed by atoms with van der Waals surface area (Å²) in [4.78, 5) is 13.3. The number of hydrogen-bond donors (Lipinski definition) is 1. The standard InChI is InChI=1S/C16H23FN2O3S/c1-16(2,3)15(20)12-18-8-10-19(11-9-18)23(21,22)14-6-4-13(17)5-7-14/h4-7H,8-12H2,1-3H3/p+1. The van der Waals surface area contributed by atoms with Gasteiger partial charge in [-0.3, -0.25) is 4.79 Å². The fourth-order valence-electron chi connectivity index (χ4n) is 2.47. The van der Waals surface area contributed by atoms with Crippen molar-refractivity contribution in [3.63, 3.8) is 0 Å². The van der Waals surface area contributed by atoms with E-state index in [1.54, 1.807) is 0 Å². The number of rotatable bonds is 4. The van der Waals surface area contributed by atoms with Gasteiger partial charge in [0.1, 0.15) is 12.4 Å². The molecule has 1 aliphatic heterocycles. The Labute approximate surface area is 137 Å². The lowest BCUT2D eigenvalue weighted by Crippen LogP contribution is -3.15. The monoisotopic (exact) mass is 343 g/mol. The van der Waals surface area contributed by atoms with E-state index in [1.807, 2.05) is 20.8 Å². The molecule has 0 radical (unpaired) electrons. The van der Waals surface area contributed by atoms with Crippen LogP contribution in [-0.2, 0) is 14.8 Å². The summed E-state index contributed by atoms with van der Waals surface area (Å²) < 4.78 is 39.4. The molecule has 1 aromatic rings. The molecule has 0 atom stereocenters. The van der Waals surface area contributed by atoms with Crippen molar-refractivity contribution in [2.75, 3.05) is 32.7 Å². The van der Waals surface area contributed by atoms with Crippen LogP contribution in [0.25, 0.3) is 0 Å². The van der Waals surface area contributed by atoms with E-state index in [0.29, 0.717) is 32.7 Å². The lowest BCUT2D eigenvalue weighted by molar-refractivity contribution is -0.895. The maximum Gasteiger partial charge on any atom is 0.243 e. The van der Waals surface area contributed by atoms with E-state index in [0.717, 1.165) is 17.0 Å². The highest BCUT2D eigenvalue weighted by Crippen LogP contribution is 2.16. The first-order valence-corrected chi connectivity index (χ1v) is 9.17. The molecule has 0 spiro atoms. The lowest BCUT2D eigenvalue weighted by Gasteiger charge is -2.32. The van der Waals surface area contributed by atoms with Gasteiger partial charge in [0.25, 0.3) is 0 Å². The minimum absolute atomic E-state index is 0.105. The smallest absolute Gasteiger partial charge is 0.243 e. The molecule has 7 heteroatoms. The SMILES string of the molecule is CC(C)(C)C(=O)C[NH+]1CCN(S(=O)(=O)c2ccc(F)cc2)CC1. The first-order chi connectivity index (χ1) is 10.6. The Morgan fingerprint density at radius 2 is 1.70 bits per heavy atom. The number of nitrogens with zero attached hydrogens (tertiary/aromatic N) is 1. The van der Waals surface area contributed by atoms with Gasteiger partial charge in [-0.05, 0) is 24.3 Å². The number of Topliss-reactive ketones (excluding diaryl/α,β-unsaturated/α-hetero) is 1. The van der Waals surface area contributed by atoms with Crippen LogP contribution in [0.1, 0.15) is 20.8 Å². The summed E-state index contributed by atoms with van der Waals surface area (Å²) in [5.74, 6) is -0.277. The van der Waals surface area contributed by atoms with E-state index in [2.05, 4.69) is 0 Å². The van der Waals surface area contributed by atoms with Crippen molar-refractivity contribution in [1.29, 1.82) is 0 Å². The molecule has 0 aliphatic carbocycles. The highest BCUT2D eigenvalue weighted by molar-refractivity contribution is 7.89. The Bertz CT molecular complexity index is 658. The third-order valence-corrected chi connectivity index (χ3v) is 6.04. The molecule has 2 rings (SSSR count). The second-order valence-corrected chi connectivity index (χ2v) is 8.90. The maximum atomic E-state index is 12.9. The number of sulfonamides is 1. The highest BCUT2D eigenvalue weighted by Gasteiger charge is 2.33. The third kappa shape index (κ3) is 4.37. The molecule has 1 aliphatic rings. The Kier molecular flexibility index (Phi) is 5.23. The Morgan fingerprint density at radius 3 is 2.17 bits per heavy atom. The number of hydrogen-bond acceptors (Lipinski definition) is 3. The number of carbonyl (C=O) groups is 1. The third-order valence-electron chi connectivity index (χ3n) is 4.13. The van der Waals surface area contributed by atoms with Crippen LogP contribution in [-0.4, -0.2) is 51.2 Å². The molecule has 1 aromatic carbocycles. The van der Waals surface area contributed by atoms with Crippen molar-refractivity contribution < 1.29 is 22.5 Å². The Morgan fingerprint density at radius 1 is 1.17 bits per heavy atom. The van der Waals surface area contributed by atoms with Crippen LogP contribution >= 0.6 is 0 Å². The summed E-state index contributed by atoms with van der Waals surface area (Å²) in [5, 5.41) is 0. The van der Waals surface area contributed by atoms with E-state index in [9.17, 15) is 17.6 Å². The molecule has 0 aromatic heterocycles. The van der Waals surface area contributed by atoms with Gasteiger partial charge in [0.05, 0.1) is 31.1 Å². The van der Waals surface area contributed by atoms with Crippen molar-refractivity contribution in [3.05, 3.63) is 30.1 Å². The van der Waals surface area contributed by atoms with Crippen molar-refractivity contribution >= 4 is 15.8 Å². The van der Waals surface area contributed by atoms with Crippen LogP contribution in [0.3, 0.4) is 0 Å². The average Bonchev–Trinajstić information content (AvgIpc) is 2.47. The Balaban J connectivity index is 1.98. The van der Waals surface area contributed by atoms with Gasteiger partial charge >= 0.3 is 0 Å². The van der Waals surface area contributed by atoms with Gasteiger partial charge < -0.3 is 4.90 Å². The maximum absolute atomic E-state index is 12.9. The molecule has 1 saturated heterocycles. The van der Waals surface area contributed by atoms with Crippen LogP contribution in [0.15, 0.2) is 29.2 Å². The minimum Gasteiger partial charge on any atom is -0.327 e.